The molecule has 1 aliphatic heterocycles. The summed E-state index contributed by atoms with van der Waals surface area (Å²) >= 11 is 0. The van der Waals surface area contributed by atoms with Crippen LogP contribution in [0.2, 0.25) is 0 Å². The van der Waals surface area contributed by atoms with Crippen molar-refractivity contribution in [2.75, 3.05) is 49.5 Å². The number of carboxylic acids is 1. The van der Waals surface area contributed by atoms with E-state index in [9.17, 15) is 18.0 Å². The van der Waals surface area contributed by atoms with Gasteiger partial charge < -0.3 is 15.3 Å². The number of allylic oxidation sites excluding steroid dienone is 1. The third kappa shape index (κ3) is 10.6. The summed E-state index contributed by atoms with van der Waals surface area (Å²) in [4.78, 5) is 18.9. The Labute approximate surface area is 224 Å². The lowest BCUT2D eigenvalue weighted by Crippen LogP contribution is -2.47. The molecule has 210 valence electrons. The van der Waals surface area contributed by atoms with Crippen LogP contribution in [0.15, 0.2) is 60.8 Å². The van der Waals surface area contributed by atoms with Gasteiger partial charge in [0.05, 0.1) is 5.56 Å². The molecule has 6 nitrogen and oxygen atoms in total. The molecule has 0 spiro atoms. The van der Waals surface area contributed by atoms with Crippen molar-refractivity contribution in [2.24, 2.45) is 0 Å². The fourth-order valence-electron chi connectivity index (χ4n) is 3.63. The number of halogens is 3. The van der Waals surface area contributed by atoms with Gasteiger partial charge in [-0.05, 0) is 47.9 Å². The average molecular weight is 535 g/mol. The second kappa shape index (κ2) is 16.5. The smallest absolute Gasteiger partial charge is 0.417 e. The summed E-state index contributed by atoms with van der Waals surface area (Å²) in [6.07, 6.45) is -0.223. The number of hydrogen-bond donors (Lipinski definition) is 2. The van der Waals surface area contributed by atoms with Gasteiger partial charge in [-0.25, -0.2) is 4.98 Å². The Balaban J connectivity index is 0.00000135. The molecule has 0 aliphatic carbocycles. The van der Waals surface area contributed by atoms with Crippen LogP contribution < -0.4 is 10.2 Å². The van der Waals surface area contributed by atoms with E-state index in [-0.39, 0.29) is 6.54 Å². The van der Waals surface area contributed by atoms with Crippen LogP contribution in [0.25, 0.3) is 5.57 Å². The molecular weight excluding hydrogens is 493 g/mol. The second-order valence-electron chi connectivity index (χ2n) is 8.49. The topological polar surface area (TPSA) is 68.7 Å². The third-order valence-electron chi connectivity index (χ3n) is 5.58. The maximum Gasteiger partial charge on any atom is 0.417 e. The summed E-state index contributed by atoms with van der Waals surface area (Å²) in [5.41, 5.74) is 2.92. The first-order valence-corrected chi connectivity index (χ1v) is 13.0. The van der Waals surface area contributed by atoms with Crippen molar-refractivity contribution < 1.29 is 23.1 Å². The Hall–Kier alpha value is -3.33. The summed E-state index contributed by atoms with van der Waals surface area (Å²) in [5, 5.41) is 11.6. The van der Waals surface area contributed by atoms with Gasteiger partial charge in [-0.15, -0.1) is 0 Å². The van der Waals surface area contributed by atoms with E-state index in [4.69, 9.17) is 5.11 Å². The van der Waals surface area contributed by atoms with Crippen molar-refractivity contribution in [1.29, 1.82) is 0 Å². The molecule has 0 amide bonds. The molecule has 0 bridgehead atoms. The summed E-state index contributed by atoms with van der Waals surface area (Å²) in [6, 6.07) is 9.96. The second-order valence-corrected chi connectivity index (χ2v) is 8.49. The predicted octanol–water partition coefficient (Wildman–Crippen LogP) is 6.82. The number of piperazine rings is 1. The molecule has 2 heterocycles. The van der Waals surface area contributed by atoms with Crippen LogP contribution >= 0.6 is 0 Å². The number of nitrogens with zero attached hydrogens (tertiary/aromatic N) is 3. The number of pyridine rings is 1. The minimum Gasteiger partial charge on any atom is -0.480 e. The number of carboxylic acid groups (broad SMARTS) is 1. The number of aliphatic carboxylic acids is 1. The van der Waals surface area contributed by atoms with E-state index in [1.54, 1.807) is 0 Å². The van der Waals surface area contributed by atoms with Crippen LogP contribution in [-0.4, -0.2) is 60.2 Å². The van der Waals surface area contributed by atoms with E-state index >= 15 is 0 Å². The normalized spacial score (nSPS) is 14.0. The third-order valence-corrected chi connectivity index (χ3v) is 5.58. The zero-order chi connectivity index (χ0) is 28.7. The number of nitrogens with one attached hydrogen (secondary N) is 1. The number of anilines is 2. The molecule has 1 aromatic heterocycles. The van der Waals surface area contributed by atoms with Gasteiger partial charge in [-0.1, -0.05) is 58.9 Å². The molecular formula is C29H41F3N4O2. The average Bonchev–Trinajstić information content (AvgIpc) is 2.92. The zero-order valence-electron chi connectivity index (χ0n) is 23.1. The Morgan fingerprint density at radius 3 is 2.11 bits per heavy atom. The van der Waals surface area contributed by atoms with Crippen molar-refractivity contribution in [3.8, 4) is 0 Å². The Morgan fingerprint density at radius 1 is 1.08 bits per heavy atom. The summed E-state index contributed by atoms with van der Waals surface area (Å²) in [6.45, 7) is 17.9. The van der Waals surface area contributed by atoms with Crippen molar-refractivity contribution in [2.45, 2.75) is 47.2 Å². The van der Waals surface area contributed by atoms with Crippen LogP contribution in [0.5, 0.6) is 0 Å². The van der Waals surface area contributed by atoms with Crippen LogP contribution in [0.3, 0.4) is 0 Å². The maximum atomic E-state index is 12.7. The maximum absolute atomic E-state index is 12.7. The fraction of sp³-hybridized carbons (Fsp3) is 0.448. The molecule has 1 saturated heterocycles. The van der Waals surface area contributed by atoms with E-state index < -0.39 is 17.7 Å². The van der Waals surface area contributed by atoms with Gasteiger partial charge in [0.15, 0.2) is 0 Å². The van der Waals surface area contributed by atoms with E-state index in [2.05, 4.69) is 35.6 Å². The summed E-state index contributed by atoms with van der Waals surface area (Å²) in [5.74, 6) is -0.371. The van der Waals surface area contributed by atoms with E-state index in [0.717, 1.165) is 47.7 Å². The van der Waals surface area contributed by atoms with Crippen LogP contribution in [0.1, 0.15) is 52.2 Å². The Bertz CT molecular complexity index is 1010. The highest BCUT2D eigenvalue weighted by molar-refractivity contribution is 5.78. The lowest BCUT2D eigenvalue weighted by molar-refractivity contribution is -0.138. The highest BCUT2D eigenvalue weighted by atomic mass is 19.4. The molecule has 3 rings (SSSR count). The minimum absolute atomic E-state index is 0.144. The summed E-state index contributed by atoms with van der Waals surface area (Å²) in [7, 11) is 0. The largest absolute Gasteiger partial charge is 0.480 e. The predicted molar refractivity (Wildman–Crippen MR) is 151 cm³/mol. The first-order valence-electron chi connectivity index (χ1n) is 13.0. The quantitative estimate of drug-likeness (QED) is 0.362. The van der Waals surface area contributed by atoms with Gasteiger partial charge in [-0.3, -0.25) is 9.69 Å². The van der Waals surface area contributed by atoms with Gasteiger partial charge in [0.25, 0.3) is 0 Å². The lowest BCUT2D eigenvalue weighted by Gasteiger charge is -2.36. The zero-order valence-corrected chi connectivity index (χ0v) is 23.1. The molecule has 2 N–H and O–H groups in total. The number of aromatic nitrogens is 1. The molecule has 38 heavy (non-hydrogen) atoms. The molecule has 0 atom stereocenters. The lowest BCUT2D eigenvalue weighted by atomic mass is 9.98. The van der Waals surface area contributed by atoms with Gasteiger partial charge in [0, 0.05) is 44.6 Å². The van der Waals surface area contributed by atoms with Crippen LogP contribution in [0.4, 0.5) is 24.7 Å². The van der Waals surface area contributed by atoms with E-state index in [0.29, 0.717) is 25.5 Å². The van der Waals surface area contributed by atoms with Crippen molar-refractivity contribution >= 4 is 23.0 Å². The van der Waals surface area contributed by atoms with Crippen molar-refractivity contribution in [3.63, 3.8) is 0 Å². The van der Waals surface area contributed by atoms with Crippen LogP contribution in [-0.2, 0) is 11.0 Å². The number of carbonyl (C=O) groups is 1. The fourth-order valence-corrected chi connectivity index (χ4v) is 3.63. The summed E-state index contributed by atoms with van der Waals surface area (Å²) < 4.78 is 38.2. The van der Waals surface area contributed by atoms with Crippen molar-refractivity contribution in [3.05, 3.63) is 72.0 Å². The molecule has 1 aromatic carbocycles. The molecule has 0 saturated carbocycles. The monoisotopic (exact) mass is 534 g/mol. The van der Waals surface area contributed by atoms with Gasteiger partial charge in [0.1, 0.15) is 12.4 Å². The Kier molecular flexibility index (Phi) is 14.2. The molecule has 0 unspecified atom stereocenters. The van der Waals surface area contributed by atoms with Gasteiger partial charge in [0.2, 0.25) is 0 Å². The SMILES string of the molecule is C=C(/C(=C\C)CN1CCN(c2ccc(C(F)(F)F)cn2)CC1)c1ccc(NCC(=O)O)cc1.CC.CCC. The molecule has 1 aliphatic rings. The molecule has 2 aromatic rings. The molecule has 0 radical (unpaired) electrons. The number of hydrogen-bond acceptors (Lipinski definition) is 5. The van der Waals surface area contributed by atoms with Crippen molar-refractivity contribution in [1.82, 2.24) is 9.88 Å². The minimum atomic E-state index is -4.38. The standard InChI is InChI=1S/C24H27F3N4O2.C3H8.C2H6/c1-3-18(17(2)19-4-7-21(8-5-19)28-15-23(32)33)16-30-10-12-31(13-11-30)22-9-6-20(14-29-22)24(25,26)27;1-3-2;1-2/h3-9,14,28H,2,10-13,15-16H2,1H3,(H,32,33);3H2,1-2H3;1-2H3/b18-3-;;. The highest BCUT2D eigenvalue weighted by Gasteiger charge is 2.31. The molecule has 1 fully saturated rings. The highest BCUT2D eigenvalue weighted by Crippen LogP contribution is 2.30. The van der Waals surface area contributed by atoms with Crippen LogP contribution in [0, 0.1) is 0 Å². The number of alkyl halides is 3. The van der Waals surface area contributed by atoms with Gasteiger partial charge in [-0.2, -0.15) is 13.2 Å². The first-order chi connectivity index (χ1) is 18.1. The first kappa shape index (κ1) is 32.7. The van der Waals surface area contributed by atoms with Gasteiger partial charge >= 0.3 is 12.1 Å². The van der Waals surface area contributed by atoms with E-state index in [1.807, 2.05) is 56.0 Å². The Morgan fingerprint density at radius 2 is 1.66 bits per heavy atom. The molecule has 9 heteroatoms. The number of rotatable bonds is 8. The van der Waals surface area contributed by atoms with E-state index in [1.165, 1.54) is 12.5 Å². The number of benzene rings is 1.